The van der Waals surface area contributed by atoms with Crippen molar-refractivity contribution in [2.45, 2.75) is 70.5 Å². The fourth-order valence-corrected chi connectivity index (χ4v) is 5.63. The standard InChI is InChI=1S/C30H37NS/c1-2-3-4-5-6-7-8-9-14-23-32-24-25-19-21-26(22-20-25)31-29-17-12-10-15-27(29)28-16-11-13-18-30(28)31/h10-13,15-22H,2-9,14,23-24H2,1H3. The van der Waals surface area contributed by atoms with Gasteiger partial charge in [0.25, 0.3) is 0 Å². The number of fused-ring (bicyclic) bond motifs is 3. The fourth-order valence-electron chi connectivity index (χ4n) is 4.65. The molecule has 4 rings (SSSR count). The third-order valence-electron chi connectivity index (χ3n) is 6.44. The van der Waals surface area contributed by atoms with Gasteiger partial charge in [-0.1, -0.05) is 107 Å². The van der Waals surface area contributed by atoms with E-state index in [9.17, 15) is 0 Å². The molecule has 168 valence electrons. The molecule has 0 amide bonds. The average molecular weight is 444 g/mol. The largest absolute Gasteiger partial charge is 0.309 e. The minimum atomic E-state index is 1.12. The van der Waals surface area contributed by atoms with Crippen LogP contribution in [0, 0.1) is 0 Å². The number of rotatable bonds is 13. The zero-order chi connectivity index (χ0) is 22.0. The normalized spacial score (nSPS) is 11.5. The SMILES string of the molecule is CCCCCCCCCCCSCc1ccc(-n2c3ccccc3c3ccccc32)cc1. The molecule has 0 aliphatic rings. The molecule has 0 aliphatic heterocycles. The molecule has 0 unspecified atom stereocenters. The first-order chi connectivity index (χ1) is 15.9. The Labute approximate surface area is 198 Å². The predicted octanol–water partition coefficient (Wildman–Crippen LogP) is 9.55. The maximum atomic E-state index is 2.39. The third-order valence-corrected chi connectivity index (χ3v) is 7.55. The van der Waals surface area contributed by atoms with Gasteiger partial charge in [0, 0.05) is 22.2 Å². The van der Waals surface area contributed by atoms with E-state index in [4.69, 9.17) is 0 Å². The molecule has 0 aliphatic carbocycles. The van der Waals surface area contributed by atoms with E-state index in [2.05, 4.69) is 96.0 Å². The lowest BCUT2D eigenvalue weighted by molar-refractivity contribution is 0.573. The van der Waals surface area contributed by atoms with Crippen LogP contribution in [0.3, 0.4) is 0 Å². The second-order valence-electron chi connectivity index (χ2n) is 8.92. The van der Waals surface area contributed by atoms with Crippen LogP contribution < -0.4 is 0 Å². The van der Waals surface area contributed by atoms with Gasteiger partial charge in [-0.15, -0.1) is 0 Å². The molecule has 0 radical (unpaired) electrons. The first kappa shape index (κ1) is 23.0. The Bertz CT molecular complexity index is 1040. The van der Waals surface area contributed by atoms with Crippen LogP contribution in [0.4, 0.5) is 0 Å². The molecule has 0 atom stereocenters. The van der Waals surface area contributed by atoms with E-state index in [0.29, 0.717) is 0 Å². The lowest BCUT2D eigenvalue weighted by Crippen LogP contribution is -1.94. The van der Waals surface area contributed by atoms with E-state index in [1.54, 1.807) is 0 Å². The Morgan fingerprint density at radius 1 is 0.594 bits per heavy atom. The highest BCUT2D eigenvalue weighted by atomic mass is 32.2. The molecule has 1 heterocycles. The average Bonchev–Trinajstić information content (AvgIpc) is 3.17. The molecule has 0 saturated heterocycles. The molecule has 0 saturated carbocycles. The minimum absolute atomic E-state index is 1.12. The Hall–Kier alpha value is -2.19. The van der Waals surface area contributed by atoms with E-state index in [1.807, 2.05) is 0 Å². The van der Waals surface area contributed by atoms with Crippen LogP contribution in [0.5, 0.6) is 0 Å². The van der Waals surface area contributed by atoms with Crippen LogP contribution in [0.1, 0.15) is 70.3 Å². The quantitative estimate of drug-likeness (QED) is 0.186. The van der Waals surface area contributed by atoms with Gasteiger partial charge < -0.3 is 4.57 Å². The summed E-state index contributed by atoms with van der Waals surface area (Å²) < 4.78 is 2.39. The topological polar surface area (TPSA) is 4.93 Å². The minimum Gasteiger partial charge on any atom is -0.309 e. The Balaban J connectivity index is 1.27. The Kier molecular flexibility index (Phi) is 8.73. The van der Waals surface area contributed by atoms with Crippen LogP contribution in [-0.2, 0) is 5.75 Å². The van der Waals surface area contributed by atoms with Gasteiger partial charge in [-0.3, -0.25) is 0 Å². The van der Waals surface area contributed by atoms with E-state index >= 15 is 0 Å². The van der Waals surface area contributed by atoms with Crippen LogP contribution in [0.15, 0.2) is 72.8 Å². The summed E-state index contributed by atoms with van der Waals surface area (Å²) in [5.41, 5.74) is 5.23. The van der Waals surface area contributed by atoms with E-state index < -0.39 is 0 Å². The number of para-hydroxylation sites is 2. The molecular weight excluding hydrogens is 406 g/mol. The summed E-state index contributed by atoms with van der Waals surface area (Å²) in [5.74, 6) is 2.40. The van der Waals surface area contributed by atoms with Crippen molar-refractivity contribution in [3.63, 3.8) is 0 Å². The molecule has 0 fully saturated rings. The first-order valence-corrected chi connectivity index (χ1v) is 13.7. The number of benzene rings is 3. The number of unbranched alkanes of at least 4 members (excludes halogenated alkanes) is 8. The molecule has 1 aromatic heterocycles. The van der Waals surface area contributed by atoms with Crippen molar-refractivity contribution in [1.29, 1.82) is 0 Å². The van der Waals surface area contributed by atoms with Crippen LogP contribution in [0.25, 0.3) is 27.5 Å². The van der Waals surface area contributed by atoms with E-state index in [0.717, 1.165) is 5.75 Å². The van der Waals surface area contributed by atoms with Gasteiger partial charge in [-0.2, -0.15) is 11.8 Å². The van der Waals surface area contributed by atoms with E-state index in [-0.39, 0.29) is 0 Å². The molecule has 1 nitrogen and oxygen atoms in total. The van der Waals surface area contributed by atoms with Gasteiger partial charge in [-0.05, 0) is 42.0 Å². The highest BCUT2D eigenvalue weighted by Gasteiger charge is 2.11. The Morgan fingerprint density at radius 3 is 1.72 bits per heavy atom. The second kappa shape index (κ2) is 12.2. The highest BCUT2D eigenvalue weighted by Crippen LogP contribution is 2.31. The summed E-state index contributed by atoms with van der Waals surface area (Å²) in [6, 6.07) is 26.6. The first-order valence-electron chi connectivity index (χ1n) is 12.5. The van der Waals surface area contributed by atoms with Gasteiger partial charge in [0.2, 0.25) is 0 Å². The molecule has 0 N–H and O–H groups in total. The van der Waals surface area contributed by atoms with Gasteiger partial charge in [0.15, 0.2) is 0 Å². The van der Waals surface area contributed by atoms with Crippen molar-refractivity contribution >= 4 is 33.6 Å². The molecule has 0 bridgehead atoms. The molecular formula is C30H37NS. The number of hydrogen-bond acceptors (Lipinski definition) is 1. The number of aromatic nitrogens is 1. The highest BCUT2D eigenvalue weighted by molar-refractivity contribution is 7.98. The summed E-state index contributed by atoms with van der Waals surface area (Å²) in [6.07, 6.45) is 12.7. The van der Waals surface area contributed by atoms with Crippen molar-refractivity contribution in [2.75, 3.05) is 5.75 Å². The zero-order valence-electron chi connectivity index (χ0n) is 19.6. The summed E-state index contributed by atoms with van der Waals surface area (Å²) in [4.78, 5) is 0. The monoisotopic (exact) mass is 443 g/mol. The third kappa shape index (κ3) is 5.78. The van der Waals surface area contributed by atoms with Crippen LogP contribution in [0.2, 0.25) is 0 Å². The van der Waals surface area contributed by atoms with Crippen LogP contribution in [-0.4, -0.2) is 10.3 Å². The summed E-state index contributed by atoms with van der Waals surface area (Å²) >= 11 is 2.08. The number of nitrogens with zero attached hydrogens (tertiary/aromatic N) is 1. The summed E-state index contributed by atoms with van der Waals surface area (Å²) in [7, 11) is 0. The molecule has 4 aromatic rings. The summed E-state index contributed by atoms with van der Waals surface area (Å²) in [5, 5.41) is 2.65. The number of thioether (sulfide) groups is 1. The van der Waals surface area contributed by atoms with Gasteiger partial charge in [0.05, 0.1) is 11.0 Å². The van der Waals surface area contributed by atoms with Gasteiger partial charge in [0.1, 0.15) is 0 Å². The lowest BCUT2D eigenvalue weighted by Gasteiger charge is -2.09. The van der Waals surface area contributed by atoms with Gasteiger partial charge >= 0.3 is 0 Å². The van der Waals surface area contributed by atoms with E-state index in [1.165, 1.54) is 96.6 Å². The van der Waals surface area contributed by atoms with Crippen molar-refractivity contribution in [3.8, 4) is 5.69 Å². The number of hydrogen-bond donors (Lipinski definition) is 0. The predicted molar refractivity (Wildman–Crippen MR) is 144 cm³/mol. The van der Waals surface area contributed by atoms with Crippen LogP contribution >= 0.6 is 11.8 Å². The molecule has 32 heavy (non-hydrogen) atoms. The van der Waals surface area contributed by atoms with Crippen molar-refractivity contribution in [1.82, 2.24) is 4.57 Å². The van der Waals surface area contributed by atoms with Crippen molar-refractivity contribution in [3.05, 3.63) is 78.4 Å². The lowest BCUT2D eigenvalue weighted by atomic mass is 10.1. The molecule has 0 spiro atoms. The fraction of sp³-hybridized carbons (Fsp3) is 0.400. The second-order valence-corrected chi connectivity index (χ2v) is 10.0. The maximum Gasteiger partial charge on any atom is 0.0541 e. The maximum absolute atomic E-state index is 2.39. The van der Waals surface area contributed by atoms with Crippen molar-refractivity contribution in [2.24, 2.45) is 0 Å². The van der Waals surface area contributed by atoms with Crippen molar-refractivity contribution < 1.29 is 0 Å². The Morgan fingerprint density at radius 2 is 1.12 bits per heavy atom. The molecule has 2 heteroatoms. The smallest absolute Gasteiger partial charge is 0.0541 e. The zero-order valence-corrected chi connectivity index (χ0v) is 20.4. The summed E-state index contributed by atoms with van der Waals surface area (Å²) in [6.45, 7) is 2.29. The van der Waals surface area contributed by atoms with Gasteiger partial charge in [-0.25, -0.2) is 0 Å². The molecule has 3 aromatic carbocycles.